The van der Waals surface area contributed by atoms with Gasteiger partial charge in [0.25, 0.3) is 0 Å². The quantitative estimate of drug-likeness (QED) is 0.0719. The number of benzene rings is 5. The summed E-state index contributed by atoms with van der Waals surface area (Å²) in [5.41, 5.74) is 9.32. The Bertz CT molecular complexity index is 2410. The number of nitrogens with one attached hydrogen (secondary N) is 3. The number of para-hydroxylation sites is 2. The molecule has 0 fully saturated rings. The fourth-order valence-corrected chi connectivity index (χ4v) is 7.52. The van der Waals surface area contributed by atoms with Crippen LogP contribution in [0.2, 0.25) is 0 Å². The van der Waals surface area contributed by atoms with E-state index in [1.54, 1.807) is 12.1 Å². The second-order valence-electron chi connectivity index (χ2n) is 13.9. The number of sulfonamides is 1. The van der Waals surface area contributed by atoms with Gasteiger partial charge in [-0.05, 0) is 83.4 Å². The normalized spacial score (nSPS) is 12.4. The number of hydrogen-bond donors (Lipinski definition) is 3. The van der Waals surface area contributed by atoms with E-state index in [1.165, 1.54) is 0 Å². The van der Waals surface area contributed by atoms with E-state index in [4.69, 9.17) is 9.15 Å². The Balaban J connectivity index is 1.48. The Morgan fingerprint density at radius 1 is 0.808 bits per heavy atom. The van der Waals surface area contributed by atoms with Crippen LogP contribution in [0.3, 0.4) is 0 Å². The molecule has 0 unspecified atom stereocenters. The molecule has 0 atom stereocenters. The fraction of sp³-hybridized carbons (Fsp3) is 0.256. The molecule has 8 nitrogen and oxygen atoms in total. The highest BCUT2D eigenvalue weighted by atomic mass is 32.2. The number of rotatable bonds is 11. The highest BCUT2D eigenvalue weighted by molar-refractivity contribution is 7.89. The number of aryl methyl sites for hydroxylation is 4. The first-order valence-electron chi connectivity index (χ1n) is 17.6. The molecule has 0 saturated carbocycles. The molecule has 6 rings (SSSR count). The molecule has 0 saturated heterocycles. The smallest absolute Gasteiger partial charge is 0.311 e. The lowest BCUT2D eigenvalue weighted by molar-refractivity contribution is -0.403. The number of carbonyl (C=O) groups is 1. The van der Waals surface area contributed by atoms with Gasteiger partial charge >= 0.3 is 5.97 Å². The average Bonchev–Trinajstić information content (AvgIpc) is 3.12. The van der Waals surface area contributed by atoms with Gasteiger partial charge in [0.2, 0.25) is 21.1 Å². The first-order valence-corrected chi connectivity index (χ1v) is 19.0. The first-order chi connectivity index (χ1) is 24.8. The van der Waals surface area contributed by atoms with Crippen LogP contribution in [0.25, 0.3) is 33.4 Å². The molecule has 4 aromatic carbocycles. The molecule has 52 heavy (non-hydrogen) atoms. The molecule has 1 aliphatic carbocycles. The van der Waals surface area contributed by atoms with Crippen molar-refractivity contribution in [2.75, 3.05) is 18.5 Å². The molecule has 9 heteroatoms. The summed E-state index contributed by atoms with van der Waals surface area (Å²) in [5, 5.41) is 5.17. The zero-order chi connectivity index (χ0) is 37.2. The predicted molar refractivity (Wildman–Crippen MR) is 207 cm³/mol. The Morgan fingerprint density at radius 3 is 2.17 bits per heavy atom. The summed E-state index contributed by atoms with van der Waals surface area (Å²) < 4.78 is 42.6. The third-order valence-corrected chi connectivity index (χ3v) is 11.3. The van der Waals surface area contributed by atoms with Crippen LogP contribution in [0.1, 0.15) is 49.4 Å². The van der Waals surface area contributed by atoms with Crippen molar-refractivity contribution >= 4 is 44.0 Å². The maximum Gasteiger partial charge on any atom is 0.311 e. The zero-order valence-electron chi connectivity index (χ0n) is 30.8. The predicted octanol–water partition coefficient (Wildman–Crippen LogP) is 7.75. The molecule has 3 N–H and O–H groups in total. The number of hydrogen-bond acceptors (Lipinski definition) is 6. The van der Waals surface area contributed by atoms with E-state index in [1.807, 2.05) is 81.4 Å². The van der Waals surface area contributed by atoms with Gasteiger partial charge in [0.05, 0.1) is 16.4 Å². The molecule has 0 spiro atoms. The van der Waals surface area contributed by atoms with Gasteiger partial charge in [-0.3, -0.25) is 4.79 Å². The summed E-state index contributed by atoms with van der Waals surface area (Å²) in [7, 11) is -4.03. The monoisotopic (exact) mass is 716 g/mol. The van der Waals surface area contributed by atoms with Gasteiger partial charge in [0, 0.05) is 63.3 Å². The minimum atomic E-state index is -4.03. The molecule has 268 valence electrons. The van der Waals surface area contributed by atoms with Crippen LogP contribution in [-0.4, -0.2) is 27.5 Å². The van der Waals surface area contributed by atoms with Crippen molar-refractivity contribution in [3.05, 3.63) is 125 Å². The molecule has 0 aromatic heterocycles. The summed E-state index contributed by atoms with van der Waals surface area (Å²) in [4.78, 5) is 16.2. The minimum absolute atomic E-state index is 0.0610. The van der Waals surface area contributed by atoms with Crippen LogP contribution in [0.15, 0.2) is 106 Å². The summed E-state index contributed by atoms with van der Waals surface area (Å²) in [6.45, 7) is 13.7. The number of fused-ring (bicyclic) bond motifs is 2. The van der Waals surface area contributed by atoms with Crippen molar-refractivity contribution in [1.82, 2.24) is 4.72 Å². The lowest BCUT2D eigenvalue weighted by Gasteiger charge is -2.20. The third kappa shape index (κ3) is 7.52. The van der Waals surface area contributed by atoms with Crippen LogP contribution >= 0.6 is 0 Å². The van der Waals surface area contributed by atoms with E-state index in [-0.39, 0.29) is 24.0 Å². The molecule has 1 aliphatic heterocycles. The number of ether oxygens (including phenoxy) is 1. The molecule has 0 radical (unpaired) electrons. The third-order valence-electron chi connectivity index (χ3n) is 9.73. The fourth-order valence-electron chi connectivity index (χ4n) is 6.29. The van der Waals surface area contributed by atoms with E-state index in [9.17, 15) is 13.2 Å². The van der Waals surface area contributed by atoms with Crippen LogP contribution in [0.5, 0.6) is 0 Å². The number of anilines is 2. The van der Waals surface area contributed by atoms with E-state index >= 15 is 0 Å². The van der Waals surface area contributed by atoms with Gasteiger partial charge in [-0.2, -0.15) is 0 Å². The summed E-state index contributed by atoms with van der Waals surface area (Å²) >= 11 is 0. The molecule has 4 aromatic rings. The van der Waals surface area contributed by atoms with Crippen molar-refractivity contribution in [3.8, 4) is 22.5 Å². The van der Waals surface area contributed by atoms with E-state index in [0.717, 1.165) is 61.2 Å². The highest BCUT2D eigenvalue weighted by Crippen LogP contribution is 2.43. The van der Waals surface area contributed by atoms with E-state index < -0.39 is 15.4 Å². The highest BCUT2D eigenvalue weighted by Gasteiger charge is 2.28. The Labute approximate surface area is 306 Å². The first kappa shape index (κ1) is 36.5. The van der Waals surface area contributed by atoms with Crippen molar-refractivity contribution < 1.29 is 27.4 Å². The summed E-state index contributed by atoms with van der Waals surface area (Å²) in [6.07, 6.45) is 0.613. The van der Waals surface area contributed by atoms with Crippen molar-refractivity contribution in [1.29, 1.82) is 0 Å². The lowest BCUT2D eigenvalue weighted by Crippen LogP contribution is -2.71. The summed E-state index contributed by atoms with van der Waals surface area (Å²) in [5.74, 6) is 0.229. The average molecular weight is 717 g/mol. The zero-order valence-corrected chi connectivity index (χ0v) is 31.6. The molecule has 1 heterocycles. The van der Waals surface area contributed by atoms with Gasteiger partial charge in [-0.1, -0.05) is 61.5 Å². The van der Waals surface area contributed by atoms with Crippen LogP contribution < -0.4 is 20.4 Å². The van der Waals surface area contributed by atoms with Gasteiger partial charge in [-0.25, -0.2) is 18.1 Å². The van der Waals surface area contributed by atoms with Gasteiger partial charge < -0.3 is 14.5 Å². The SMILES string of the molecule is CCC(C)(C)C(=O)OCCNS(=O)(=O)c1ccccc1-c1c2ccc(=[NH+]c3c(C)cccc3C)cc-2oc2cc(Nc3c(C)cccc3C)ccc12. The molecule has 0 amide bonds. The Morgan fingerprint density at radius 2 is 1.48 bits per heavy atom. The largest absolute Gasteiger partial charge is 0.464 e. The molecule has 2 aliphatic rings. The topological polar surface area (TPSA) is 112 Å². The molecule has 0 bridgehead atoms. The lowest BCUT2D eigenvalue weighted by atomic mass is 9.91. The maximum atomic E-state index is 13.9. The second kappa shape index (κ2) is 14.8. The van der Waals surface area contributed by atoms with Crippen molar-refractivity contribution in [2.45, 2.75) is 59.8 Å². The second-order valence-corrected chi connectivity index (χ2v) is 15.7. The van der Waals surface area contributed by atoms with E-state index in [2.05, 4.69) is 67.0 Å². The Kier molecular flexibility index (Phi) is 10.4. The molecular formula is C43H46N3O5S+. The molecular weight excluding hydrogens is 671 g/mol. The van der Waals surface area contributed by atoms with Crippen molar-refractivity contribution in [3.63, 3.8) is 0 Å². The standard InChI is InChI=1S/C43H45N3O5S/c1-8-43(6,7)42(47)50-24-23-44-52(48,49)38-18-10-9-17-35(38)39-33-21-19-31(45-40-27(2)13-11-14-28(40)3)25-36(33)51-37-26-32(20-22-34(37)39)46-41-29(4)15-12-16-30(41)5/h9-22,25-26,44-45H,8,23-24H2,1-7H3/p+1. The van der Waals surface area contributed by atoms with Crippen LogP contribution in [0.4, 0.5) is 17.1 Å². The van der Waals surface area contributed by atoms with Gasteiger partial charge in [-0.15, -0.1) is 0 Å². The van der Waals surface area contributed by atoms with Gasteiger partial charge in [0.1, 0.15) is 18.0 Å². The Hall–Kier alpha value is -5.25. The van der Waals surface area contributed by atoms with E-state index in [0.29, 0.717) is 23.3 Å². The number of esters is 1. The minimum Gasteiger partial charge on any atom is -0.464 e. The van der Waals surface area contributed by atoms with Crippen LogP contribution in [0, 0.1) is 33.1 Å². The van der Waals surface area contributed by atoms with Crippen LogP contribution in [-0.2, 0) is 19.6 Å². The maximum absolute atomic E-state index is 13.9. The van der Waals surface area contributed by atoms with Crippen molar-refractivity contribution in [2.24, 2.45) is 5.41 Å². The summed E-state index contributed by atoms with van der Waals surface area (Å²) in [6, 6.07) is 31.1. The number of carbonyl (C=O) groups excluding carboxylic acids is 1. The van der Waals surface area contributed by atoms with Gasteiger partial charge in [0.15, 0.2) is 0 Å².